The first-order chi connectivity index (χ1) is 24.6. The summed E-state index contributed by atoms with van der Waals surface area (Å²) in [6, 6.07) is 0. The summed E-state index contributed by atoms with van der Waals surface area (Å²) in [4.78, 5) is 25.0. The van der Waals surface area contributed by atoms with Crippen molar-refractivity contribution in [3.8, 4) is 0 Å². The Morgan fingerprint density at radius 3 is 1.40 bits per heavy atom. The average molecular weight is 703 g/mol. The second-order valence-electron chi connectivity index (χ2n) is 14.6. The average Bonchev–Trinajstić information content (AvgIpc) is 3.12. The summed E-state index contributed by atoms with van der Waals surface area (Å²) in [6.45, 7) is 6.70. The van der Waals surface area contributed by atoms with Gasteiger partial charge in [0.2, 0.25) is 0 Å². The second kappa shape index (κ2) is 39.9. The maximum Gasteiger partial charge on any atom is 0.330 e. The Hall–Kier alpha value is -1.88. The van der Waals surface area contributed by atoms with Gasteiger partial charge in [-0.15, -0.1) is 0 Å². The van der Waals surface area contributed by atoms with Gasteiger partial charge in [0.15, 0.2) is 0 Å². The zero-order chi connectivity index (χ0) is 36.6. The van der Waals surface area contributed by atoms with Crippen LogP contribution in [0.3, 0.4) is 0 Å². The van der Waals surface area contributed by atoms with Crippen LogP contribution in [-0.4, -0.2) is 36.9 Å². The Bertz CT molecular complexity index is 807. The van der Waals surface area contributed by atoms with Crippen LogP contribution in [-0.2, 0) is 19.1 Å². The van der Waals surface area contributed by atoms with Gasteiger partial charge < -0.3 is 14.6 Å². The number of carbonyl (C=O) groups is 2. The molecule has 0 aliphatic rings. The maximum absolute atomic E-state index is 12.8. The van der Waals surface area contributed by atoms with Gasteiger partial charge in [-0.1, -0.05) is 173 Å². The van der Waals surface area contributed by atoms with E-state index in [9.17, 15) is 14.7 Å². The van der Waals surface area contributed by atoms with E-state index in [2.05, 4.69) is 45.1 Å². The first kappa shape index (κ1) is 48.1. The predicted molar refractivity (Wildman–Crippen MR) is 214 cm³/mol. The summed E-state index contributed by atoms with van der Waals surface area (Å²) in [5, 5.41) is 9.81. The van der Waals surface area contributed by atoms with Crippen molar-refractivity contribution in [1.29, 1.82) is 0 Å². The number of carbonyl (C=O) groups excluding carboxylic acids is 2. The molecular formula is C45H82O5. The molecule has 0 aromatic heterocycles. The molecule has 0 aliphatic carbocycles. The highest BCUT2D eigenvalue weighted by Gasteiger charge is 2.14. The molecule has 50 heavy (non-hydrogen) atoms. The maximum atomic E-state index is 12.8. The number of aliphatic hydroxyl groups excluding tert-OH is 1. The third-order valence-electron chi connectivity index (χ3n) is 9.56. The van der Waals surface area contributed by atoms with Crippen LogP contribution in [0.1, 0.15) is 213 Å². The predicted octanol–water partition coefficient (Wildman–Crippen LogP) is 13.5. The normalized spacial score (nSPS) is 12.2. The lowest BCUT2D eigenvalue weighted by Crippen LogP contribution is -2.23. The molecule has 0 aromatic rings. The van der Waals surface area contributed by atoms with Gasteiger partial charge in [-0.2, -0.15) is 0 Å². The molecule has 1 atom stereocenters. The topological polar surface area (TPSA) is 72.8 Å². The Morgan fingerprint density at radius 2 is 0.900 bits per heavy atom. The first-order valence-corrected chi connectivity index (χ1v) is 21.5. The highest BCUT2D eigenvalue weighted by molar-refractivity contribution is 5.82. The van der Waals surface area contributed by atoms with Crippen LogP contribution >= 0.6 is 0 Å². The van der Waals surface area contributed by atoms with E-state index in [-0.39, 0.29) is 31.8 Å². The van der Waals surface area contributed by atoms with Crippen LogP contribution in [0.5, 0.6) is 0 Å². The molecule has 5 nitrogen and oxygen atoms in total. The number of unbranched alkanes of at least 4 members (excludes halogenated alkanes) is 22. The smallest absolute Gasteiger partial charge is 0.330 e. The van der Waals surface area contributed by atoms with Gasteiger partial charge in [0.1, 0.15) is 0 Å². The van der Waals surface area contributed by atoms with E-state index in [1.54, 1.807) is 6.08 Å². The fourth-order valence-electron chi connectivity index (χ4n) is 6.17. The highest BCUT2D eigenvalue weighted by atomic mass is 16.5. The molecule has 0 fully saturated rings. The van der Waals surface area contributed by atoms with Gasteiger partial charge >= 0.3 is 11.9 Å². The van der Waals surface area contributed by atoms with E-state index in [1.165, 1.54) is 134 Å². The largest absolute Gasteiger partial charge is 0.465 e. The number of aliphatic hydroxyl groups is 1. The third kappa shape index (κ3) is 35.9. The van der Waals surface area contributed by atoms with Gasteiger partial charge in [0, 0.05) is 12.5 Å². The van der Waals surface area contributed by atoms with E-state index < -0.39 is 5.92 Å². The monoisotopic (exact) mass is 703 g/mol. The standard InChI is InChI=1S/C45H82O5/c1-4-7-10-13-16-19-20-21-22-23-24-25-28-31-34-37-44(47)49-40-43(39-46)41-50-45(48)38-42(35-32-29-26-17-14-11-8-5-2)36-33-30-27-18-15-12-9-6-3/h16,19,21-22,38,43,46H,4-15,17-18,20,23-37,39-41H2,1-3H3/b19-16-,22-21-. The van der Waals surface area contributed by atoms with Gasteiger partial charge in [-0.05, 0) is 64.2 Å². The molecule has 0 rings (SSSR count). The third-order valence-corrected chi connectivity index (χ3v) is 9.56. The van der Waals surface area contributed by atoms with Crippen LogP contribution in [0.4, 0.5) is 0 Å². The van der Waals surface area contributed by atoms with E-state index >= 15 is 0 Å². The lowest BCUT2D eigenvalue weighted by atomic mass is 9.99. The van der Waals surface area contributed by atoms with Crippen molar-refractivity contribution in [2.45, 2.75) is 213 Å². The molecule has 0 saturated carbocycles. The SMILES string of the molecule is CCCCC/C=C\C/C=C\CCCCCCCC(=O)OCC(CO)COC(=O)C=C(CCCCCCCCCC)CCCCCCCCCC. The molecule has 1 unspecified atom stereocenters. The number of ether oxygens (including phenoxy) is 2. The minimum absolute atomic E-state index is 0.0611. The van der Waals surface area contributed by atoms with Crippen molar-refractivity contribution in [2.75, 3.05) is 19.8 Å². The van der Waals surface area contributed by atoms with Gasteiger partial charge in [0.05, 0.1) is 25.7 Å². The molecule has 0 amide bonds. The van der Waals surface area contributed by atoms with Crippen molar-refractivity contribution in [2.24, 2.45) is 5.92 Å². The molecule has 0 heterocycles. The van der Waals surface area contributed by atoms with Crippen LogP contribution in [0.15, 0.2) is 36.0 Å². The summed E-state index contributed by atoms with van der Waals surface area (Å²) in [7, 11) is 0. The Kier molecular flexibility index (Phi) is 38.4. The van der Waals surface area contributed by atoms with Gasteiger partial charge in [-0.25, -0.2) is 4.79 Å². The molecule has 0 aliphatic heterocycles. The minimum Gasteiger partial charge on any atom is -0.465 e. The van der Waals surface area contributed by atoms with Crippen LogP contribution in [0, 0.1) is 5.92 Å². The van der Waals surface area contributed by atoms with Crippen molar-refractivity contribution in [1.82, 2.24) is 0 Å². The molecule has 0 aromatic carbocycles. The van der Waals surface area contributed by atoms with Gasteiger partial charge in [-0.3, -0.25) is 4.79 Å². The second-order valence-corrected chi connectivity index (χ2v) is 14.6. The number of hydrogen-bond acceptors (Lipinski definition) is 5. The zero-order valence-corrected chi connectivity index (χ0v) is 33.4. The Balaban J connectivity index is 4.29. The Morgan fingerprint density at radius 1 is 0.500 bits per heavy atom. The molecule has 5 heteroatoms. The highest BCUT2D eigenvalue weighted by Crippen LogP contribution is 2.20. The van der Waals surface area contributed by atoms with E-state index in [0.29, 0.717) is 6.42 Å². The van der Waals surface area contributed by atoms with Gasteiger partial charge in [0.25, 0.3) is 0 Å². The van der Waals surface area contributed by atoms with Crippen molar-refractivity contribution in [3.05, 3.63) is 36.0 Å². The molecule has 0 spiro atoms. The molecule has 1 N–H and O–H groups in total. The van der Waals surface area contributed by atoms with E-state index in [4.69, 9.17) is 9.47 Å². The van der Waals surface area contributed by atoms with E-state index in [0.717, 1.165) is 57.8 Å². The number of rotatable bonds is 38. The fraction of sp³-hybridized carbons (Fsp3) is 0.822. The molecular weight excluding hydrogens is 620 g/mol. The summed E-state index contributed by atoms with van der Waals surface area (Å²) in [6.07, 6.45) is 46.1. The summed E-state index contributed by atoms with van der Waals surface area (Å²) < 4.78 is 11.0. The van der Waals surface area contributed by atoms with Crippen LogP contribution < -0.4 is 0 Å². The van der Waals surface area contributed by atoms with E-state index in [1.807, 2.05) is 0 Å². The summed E-state index contributed by atoms with van der Waals surface area (Å²) >= 11 is 0. The molecule has 0 bridgehead atoms. The van der Waals surface area contributed by atoms with Crippen molar-refractivity contribution >= 4 is 11.9 Å². The van der Waals surface area contributed by atoms with Crippen molar-refractivity contribution in [3.63, 3.8) is 0 Å². The van der Waals surface area contributed by atoms with Crippen LogP contribution in [0.2, 0.25) is 0 Å². The quantitative estimate of drug-likeness (QED) is 0.0300. The number of allylic oxidation sites excluding steroid dienone is 5. The number of hydrogen-bond donors (Lipinski definition) is 1. The minimum atomic E-state index is -0.398. The lowest BCUT2D eigenvalue weighted by molar-refractivity contribution is -0.147. The molecule has 0 saturated heterocycles. The number of esters is 2. The molecule has 292 valence electrons. The summed E-state index contributed by atoms with van der Waals surface area (Å²) in [5.74, 6) is -0.975. The zero-order valence-electron chi connectivity index (χ0n) is 33.4. The molecule has 0 radical (unpaired) electrons. The fourth-order valence-corrected chi connectivity index (χ4v) is 6.17. The lowest BCUT2D eigenvalue weighted by Gasteiger charge is -2.15. The summed E-state index contributed by atoms with van der Waals surface area (Å²) in [5.41, 5.74) is 1.19. The Labute approximate surface area is 310 Å². The van der Waals surface area contributed by atoms with Crippen LogP contribution in [0.25, 0.3) is 0 Å². The van der Waals surface area contributed by atoms with Crippen molar-refractivity contribution < 1.29 is 24.2 Å². The first-order valence-electron chi connectivity index (χ1n) is 21.5.